The van der Waals surface area contributed by atoms with Crippen molar-refractivity contribution in [3.05, 3.63) is 54.1 Å². The second-order valence-electron chi connectivity index (χ2n) is 8.41. The third-order valence-corrected chi connectivity index (χ3v) is 7.98. The molecular weight excluding hydrogens is 406 g/mol. The second-order valence-corrected chi connectivity index (χ2v) is 9.89. The van der Waals surface area contributed by atoms with Gasteiger partial charge in [0.25, 0.3) is 0 Å². The average Bonchev–Trinajstić information content (AvgIpc) is 2.85. The summed E-state index contributed by atoms with van der Waals surface area (Å²) in [5.41, 5.74) is 0.981. The van der Waals surface area contributed by atoms with Crippen molar-refractivity contribution in [1.82, 2.24) is 9.80 Å². The van der Waals surface area contributed by atoms with Crippen LogP contribution in [-0.2, 0) is 10.8 Å². The quantitative estimate of drug-likeness (QED) is 0.671. The SMILES string of the molecule is COc1ccc(S(=O)c2ccc(C(C#N)N3CCC(N4CCCCC4)CC3)cc2)cc1. The highest BCUT2D eigenvalue weighted by Gasteiger charge is 2.29. The second kappa shape index (κ2) is 10.4. The van der Waals surface area contributed by atoms with Gasteiger partial charge in [0.1, 0.15) is 11.8 Å². The van der Waals surface area contributed by atoms with Crippen molar-refractivity contribution in [2.45, 2.75) is 54.0 Å². The zero-order chi connectivity index (χ0) is 21.6. The number of hydrogen-bond donors (Lipinski definition) is 0. The third-order valence-electron chi connectivity index (χ3n) is 6.58. The van der Waals surface area contributed by atoms with Crippen LogP contribution in [0.25, 0.3) is 0 Å². The van der Waals surface area contributed by atoms with E-state index in [1.165, 1.54) is 32.4 Å². The van der Waals surface area contributed by atoms with E-state index >= 15 is 0 Å². The first-order chi connectivity index (χ1) is 15.2. The summed E-state index contributed by atoms with van der Waals surface area (Å²) in [6, 6.07) is 17.9. The van der Waals surface area contributed by atoms with Crippen LogP contribution in [-0.4, -0.2) is 53.3 Å². The van der Waals surface area contributed by atoms with E-state index in [-0.39, 0.29) is 6.04 Å². The van der Waals surface area contributed by atoms with Crippen molar-refractivity contribution < 1.29 is 8.95 Å². The number of nitriles is 1. The van der Waals surface area contributed by atoms with Crippen molar-refractivity contribution in [2.75, 3.05) is 33.3 Å². The van der Waals surface area contributed by atoms with Crippen LogP contribution in [0.2, 0.25) is 0 Å². The lowest BCUT2D eigenvalue weighted by atomic mass is 9.97. The Morgan fingerprint density at radius 3 is 2.06 bits per heavy atom. The van der Waals surface area contributed by atoms with Crippen molar-refractivity contribution in [1.29, 1.82) is 5.26 Å². The summed E-state index contributed by atoms with van der Waals surface area (Å²) in [4.78, 5) is 6.45. The molecule has 0 saturated carbocycles. The molecule has 0 aromatic heterocycles. The van der Waals surface area contributed by atoms with Crippen LogP contribution in [0.3, 0.4) is 0 Å². The first-order valence-electron chi connectivity index (χ1n) is 11.2. The minimum Gasteiger partial charge on any atom is -0.497 e. The lowest BCUT2D eigenvalue weighted by molar-refractivity contribution is 0.0826. The Hall–Kier alpha value is -2.20. The number of nitrogens with zero attached hydrogens (tertiary/aromatic N) is 3. The highest BCUT2D eigenvalue weighted by molar-refractivity contribution is 7.85. The summed E-state index contributed by atoms with van der Waals surface area (Å²) in [7, 11) is 0.367. The maximum absolute atomic E-state index is 12.9. The van der Waals surface area contributed by atoms with E-state index in [1.54, 1.807) is 7.11 Å². The lowest BCUT2D eigenvalue weighted by Gasteiger charge is -2.41. The molecule has 2 atom stereocenters. The molecule has 2 fully saturated rings. The summed E-state index contributed by atoms with van der Waals surface area (Å²) in [6.07, 6.45) is 6.29. The fourth-order valence-corrected chi connectivity index (χ4v) is 5.81. The Bertz CT molecular complexity index is 909. The maximum atomic E-state index is 12.9. The van der Waals surface area contributed by atoms with Crippen LogP contribution < -0.4 is 4.74 Å². The monoisotopic (exact) mass is 437 g/mol. The van der Waals surface area contributed by atoms with E-state index < -0.39 is 10.8 Å². The number of piperidine rings is 2. The van der Waals surface area contributed by atoms with E-state index in [1.807, 2.05) is 48.5 Å². The molecule has 2 unspecified atom stereocenters. The molecule has 0 bridgehead atoms. The van der Waals surface area contributed by atoms with E-state index in [2.05, 4.69) is 15.9 Å². The fourth-order valence-electron chi connectivity index (χ4n) is 4.77. The molecule has 2 aliphatic rings. The molecule has 0 N–H and O–H groups in total. The molecule has 6 heteroatoms. The van der Waals surface area contributed by atoms with Crippen LogP contribution in [0, 0.1) is 11.3 Å². The lowest BCUT2D eigenvalue weighted by Crippen LogP contribution is -2.47. The van der Waals surface area contributed by atoms with Gasteiger partial charge in [0.2, 0.25) is 0 Å². The summed E-state index contributed by atoms with van der Waals surface area (Å²) in [6.45, 7) is 4.39. The van der Waals surface area contributed by atoms with Crippen molar-refractivity contribution in [3.8, 4) is 11.8 Å². The van der Waals surface area contributed by atoms with Gasteiger partial charge in [0, 0.05) is 28.9 Å². The van der Waals surface area contributed by atoms with Crippen molar-refractivity contribution in [3.63, 3.8) is 0 Å². The summed E-state index contributed by atoms with van der Waals surface area (Å²) < 4.78 is 18.0. The molecular formula is C25H31N3O2S. The van der Waals surface area contributed by atoms with Gasteiger partial charge in [-0.25, -0.2) is 4.21 Å². The van der Waals surface area contributed by atoms with Gasteiger partial charge < -0.3 is 9.64 Å². The van der Waals surface area contributed by atoms with Gasteiger partial charge in [0.15, 0.2) is 0 Å². The van der Waals surface area contributed by atoms with Gasteiger partial charge in [-0.1, -0.05) is 18.6 Å². The molecule has 0 aliphatic carbocycles. The van der Waals surface area contributed by atoms with E-state index in [0.717, 1.165) is 47.0 Å². The molecule has 0 radical (unpaired) electrons. The van der Waals surface area contributed by atoms with E-state index in [4.69, 9.17) is 4.74 Å². The smallest absolute Gasteiger partial charge is 0.123 e. The minimum absolute atomic E-state index is 0.245. The largest absolute Gasteiger partial charge is 0.497 e. The number of likely N-dealkylation sites (tertiary alicyclic amines) is 2. The summed E-state index contributed by atoms with van der Waals surface area (Å²) >= 11 is 0. The van der Waals surface area contributed by atoms with Gasteiger partial charge in [-0.3, -0.25) is 4.90 Å². The molecule has 2 heterocycles. The Morgan fingerprint density at radius 1 is 0.935 bits per heavy atom. The fraction of sp³-hybridized carbons (Fsp3) is 0.480. The zero-order valence-electron chi connectivity index (χ0n) is 18.2. The number of benzene rings is 2. The van der Waals surface area contributed by atoms with Gasteiger partial charge >= 0.3 is 0 Å². The number of methoxy groups -OCH3 is 1. The Morgan fingerprint density at radius 2 is 1.52 bits per heavy atom. The number of hydrogen-bond acceptors (Lipinski definition) is 5. The molecule has 5 nitrogen and oxygen atoms in total. The first kappa shape index (κ1) is 22.0. The molecule has 2 saturated heterocycles. The molecule has 2 aromatic rings. The zero-order valence-corrected chi connectivity index (χ0v) is 19.0. The van der Waals surface area contributed by atoms with Crippen LogP contribution in [0.5, 0.6) is 5.75 Å². The van der Waals surface area contributed by atoms with Crippen molar-refractivity contribution in [2.24, 2.45) is 0 Å². The predicted octanol–water partition coefficient (Wildman–Crippen LogP) is 4.38. The van der Waals surface area contributed by atoms with Crippen LogP contribution in [0.1, 0.15) is 43.7 Å². The van der Waals surface area contributed by atoms with Crippen LogP contribution >= 0.6 is 0 Å². The van der Waals surface area contributed by atoms with Gasteiger partial charge in [0.05, 0.1) is 24.0 Å². The molecule has 31 heavy (non-hydrogen) atoms. The van der Waals surface area contributed by atoms with Gasteiger partial charge in [-0.15, -0.1) is 0 Å². The number of ether oxygens (including phenoxy) is 1. The molecule has 2 aromatic carbocycles. The summed E-state index contributed by atoms with van der Waals surface area (Å²) in [5.74, 6) is 0.747. The summed E-state index contributed by atoms with van der Waals surface area (Å²) in [5, 5.41) is 9.88. The Balaban J connectivity index is 1.39. The highest BCUT2D eigenvalue weighted by atomic mass is 32.2. The maximum Gasteiger partial charge on any atom is 0.123 e. The predicted molar refractivity (Wildman–Crippen MR) is 122 cm³/mol. The molecule has 164 valence electrons. The highest BCUT2D eigenvalue weighted by Crippen LogP contribution is 2.28. The van der Waals surface area contributed by atoms with Crippen molar-refractivity contribution >= 4 is 10.8 Å². The van der Waals surface area contributed by atoms with Gasteiger partial charge in [-0.05, 0) is 80.7 Å². The average molecular weight is 438 g/mol. The minimum atomic E-state index is -1.25. The Labute approximate surface area is 188 Å². The molecule has 0 spiro atoms. The van der Waals surface area contributed by atoms with Crippen LogP contribution in [0.15, 0.2) is 58.3 Å². The third kappa shape index (κ3) is 5.17. The first-order valence-corrected chi connectivity index (χ1v) is 12.4. The number of rotatable bonds is 6. The molecule has 2 aliphatic heterocycles. The molecule has 4 rings (SSSR count). The van der Waals surface area contributed by atoms with E-state index in [0.29, 0.717) is 6.04 Å². The van der Waals surface area contributed by atoms with Crippen LogP contribution in [0.4, 0.5) is 0 Å². The molecule has 0 amide bonds. The van der Waals surface area contributed by atoms with Gasteiger partial charge in [-0.2, -0.15) is 5.26 Å². The van der Waals surface area contributed by atoms with E-state index in [9.17, 15) is 9.47 Å². The topological polar surface area (TPSA) is 56.6 Å². The Kier molecular flexibility index (Phi) is 7.39. The normalized spacial score (nSPS) is 20.6. The standard InChI is InChI=1S/C25H31N3O2S/c1-30-22-7-11-24(12-8-22)31(29)23-9-5-20(6-10-23)25(19-26)28-17-13-21(14-18-28)27-15-3-2-4-16-27/h5-12,21,25H,2-4,13-18H2,1H3.